The normalized spacial score (nSPS) is 10.4. The molecule has 0 aromatic heterocycles. The molecule has 94 valence electrons. The number of hydrogen-bond donors (Lipinski definition) is 1. The topological polar surface area (TPSA) is 35.2 Å². The summed E-state index contributed by atoms with van der Waals surface area (Å²) in [7, 11) is 1.44. The van der Waals surface area contributed by atoms with Gasteiger partial charge < -0.3 is 10.5 Å². The molecule has 2 aromatic rings. The lowest BCUT2D eigenvalue weighted by Crippen LogP contribution is -1.96. The van der Waals surface area contributed by atoms with Gasteiger partial charge in [0.25, 0.3) is 0 Å². The molecule has 2 nitrogen and oxygen atoms in total. The third kappa shape index (κ3) is 2.24. The predicted molar refractivity (Wildman–Crippen MR) is 67.8 cm³/mol. The lowest BCUT2D eigenvalue weighted by atomic mass is 10.0. The minimum Gasteiger partial charge on any atom is -0.496 e. The van der Waals surface area contributed by atoms with Gasteiger partial charge in [0.2, 0.25) is 0 Å². The van der Waals surface area contributed by atoms with Crippen molar-refractivity contribution in [3.05, 3.63) is 47.0 Å². The number of rotatable bonds is 2. The number of ether oxygens (including phenoxy) is 1. The molecule has 5 heteroatoms. The van der Waals surface area contributed by atoms with Crippen LogP contribution in [0.3, 0.4) is 0 Å². The van der Waals surface area contributed by atoms with Crippen molar-refractivity contribution in [2.24, 2.45) is 0 Å². The molecule has 0 saturated carbocycles. The fourth-order valence-electron chi connectivity index (χ4n) is 1.66. The summed E-state index contributed by atoms with van der Waals surface area (Å²) < 4.78 is 32.3. The molecule has 18 heavy (non-hydrogen) atoms. The van der Waals surface area contributed by atoms with Gasteiger partial charge >= 0.3 is 0 Å². The Balaban J connectivity index is 2.68. The Morgan fingerprint density at radius 3 is 2.44 bits per heavy atom. The highest BCUT2D eigenvalue weighted by molar-refractivity contribution is 6.31. The molecule has 0 bridgehead atoms. The number of hydrogen-bond acceptors (Lipinski definition) is 2. The summed E-state index contributed by atoms with van der Waals surface area (Å²) in [6, 6.07) is 6.67. The van der Waals surface area contributed by atoms with Crippen molar-refractivity contribution in [3.8, 4) is 16.9 Å². The predicted octanol–water partition coefficient (Wildman–Crippen LogP) is 3.88. The highest BCUT2D eigenvalue weighted by Crippen LogP contribution is 2.35. The van der Waals surface area contributed by atoms with E-state index in [9.17, 15) is 8.78 Å². The standard InChI is InChI=1S/C13H10ClF2NO/c1-18-13-3-2-7(14)4-9(13)8-5-11(16)12(17)6-10(8)15/h2-6H,17H2,1H3. The molecule has 0 spiro atoms. The highest BCUT2D eigenvalue weighted by atomic mass is 35.5. The van der Waals surface area contributed by atoms with E-state index in [-0.39, 0.29) is 11.3 Å². The molecule has 0 fully saturated rings. The van der Waals surface area contributed by atoms with Crippen LogP contribution in [0.1, 0.15) is 0 Å². The van der Waals surface area contributed by atoms with Gasteiger partial charge in [0.1, 0.15) is 17.4 Å². The molecule has 2 N–H and O–H groups in total. The average molecular weight is 270 g/mol. The second-order valence-electron chi connectivity index (χ2n) is 3.70. The summed E-state index contributed by atoms with van der Waals surface area (Å²) in [5, 5.41) is 0.405. The summed E-state index contributed by atoms with van der Waals surface area (Å²) in [6.45, 7) is 0. The van der Waals surface area contributed by atoms with Crippen molar-refractivity contribution in [3.63, 3.8) is 0 Å². The Hall–Kier alpha value is -1.81. The van der Waals surface area contributed by atoms with E-state index in [0.717, 1.165) is 12.1 Å². The van der Waals surface area contributed by atoms with Crippen molar-refractivity contribution < 1.29 is 13.5 Å². The largest absolute Gasteiger partial charge is 0.496 e. The first-order chi connectivity index (χ1) is 8.52. The molecule has 2 rings (SSSR count). The molecular formula is C13H10ClF2NO. The van der Waals surface area contributed by atoms with Crippen molar-refractivity contribution in [1.29, 1.82) is 0 Å². The molecule has 0 radical (unpaired) electrons. The fourth-order valence-corrected chi connectivity index (χ4v) is 1.83. The zero-order valence-electron chi connectivity index (χ0n) is 9.51. The maximum absolute atomic E-state index is 13.8. The summed E-state index contributed by atoms with van der Waals surface area (Å²) in [6.07, 6.45) is 0. The minimum absolute atomic E-state index is 0.0565. The first-order valence-electron chi connectivity index (χ1n) is 5.11. The summed E-state index contributed by atoms with van der Waals surface area (Å²) in [4.78, 5) is 0. The molecule has 2 aromatic carbocycles. The van der Waals surface area contributed by atoms with Crippen LogP contribution in [-0.2, 0) is 0 Å². The van der Waals surface area contributed by atoms with Crippen LogP contribution in [0.15, 0.2) is 30.3 Å². The van der Waals surface area contributed by atoms with Crippen molar-refractivity contribution in [2.45, 2.75) is 0 Å². The lowest BCUT2D eigenvalue weighted by Gasteiger charge is -2.11. The zero-order valence-corrected chi connectivity index (χ0v) is 10.3. The third-order valence-corrected chi connectivity index (χ3v) is 2.77. The molecule has 0 aliphatic heterocycles. The SMILES string of the molecule is COc1ccc(Cl)cc1-c1cc(F)c(N)cc1F. The Morgan fingerprint density at radius 1 is 1.06 bits per heavy atom. The first-order valence-corrected chi connectivity index (χ1v) is 5.49. The van der Waals surface area contributed by atoms with E-state index in [4.69, 9.17) is 22.1 Å². The monoisotopic (exact) mass is 269 g/mol. The summed E-state index contributed by atoms with van der Waals surface area (Å²) >= 11 is 5.85. The molecule has 0 unspecified atom stereocenters. The number of anilines is 1. The second-order valence-corrected chi connectivity index (χ2v) is 4.13. The van der Waals surface area contributed by atoms with E-state index < -0.39 is 11.6 Å². The summed E-state index contributed by atoms with van der Waals surface area (Å²) in [5.74, 6) is -0.912. The van der Waals surface area contributed by atoms with Crippen LogP contribution in [-0.4, -0.2) is 7.11 Å². The zero-order chi connectivity index (χ0) is 13.3. The van der Waals surface area contributed by atoms with Crippen molar-refractivity contribution in [1.82, 2.24) is 0 Å². The van der Waals surface area contributed by atoms with Gasteiger partial charge in [-0.05, 0) is 24.3 Å². The third-order valence-electron chi connectivity index (χ3n) is 2.54. The van der Waals surface area contributed by atoms with Gasteiger partial charge in [-0.25, -0.2) is 8.78 Å². The quantitative estimate of drug-likeness (QED) is 0.840. The van der Waals surface area contributed by atoms with Crippen LogP contribution >= 0.6 is 11.6 Å². The van der Waals surface area contributed by atoms with Gasteiger partial charge in [-0.2, -0.15) is 0 Å². The number of benzene rings is 2. The first kappa shape index (κ1) is 12.6. The van der Waals surface area contributed by atoms with Gasteiger partial charge in [0.05, 0.1) is 12.8 Å². The van der Waals surface area contributed by atoms with Crippen LogP contribution in [0.2, 0.25) is 5.02 Å². The number of halogens is 3. The van der Waals surface area contributed by atoms with Crippen LogP contribution in [0.5, 0.6) is 5.75 Å². The minimum atomic E-state index is -0.687. The Bertz CT molecular complexity index is 602. The number of methoxy groups -OCH3 is 1. The molecular weight excluding hydrogens is 260 g/mol. The second kappa shape index (κ2) is 4.82. The highest BCUT2D eigenvalue weighted by Gasteiger charge is 2.14. The smallest absolute Gasteiger partial charge is 0.146 e. The van der Waals surface area contributed by atoms with E-state index in [1.165, 1.54) is 13.2 Å². The van der Waals surface area contributed by atoms with Crippen LogP contribution in [0.4, 0.5) is 14.5 Å². The van der Waals surface area contributed by atoms with Gasteiger partial charge in [0, 0.05) is 22.2 Å². The molecule has 0 saturated heterocycles. The number of nitrogens with two attached hydrogens (primary N) is 1. The molecule has 0 heterocycles. The number of nitrogen functional groups attached to an aromatic ring is 1. The van der Waals surface area contributed by atoms with E-state index in [0.29, 0.717) is 16.3 Å². The maximum Gasteiger partial charge on any atom is 0.146 e. The van der Waals surface area contributed by atoms with E-state index >= 15 is 0 Å². The fraction of sp³-hybridized carbons (Fsp3) is 0.0769. The maximum atomic E-state index is 13.8. The van der Waals surface area contributed by atoms with E-state index in [1.807, 2.05) is 0 Å². The van der Waals surface area contributed by atoms with Gasteiger partial charge in [-0.1, -0.05) is 11.6 Å². The molecule has 0 amide bonds. The average Bonchev–Trinajstić information content (AvgIpc) is 2.34. The van der Waals surface area contributed by atoms with E-state index in [1.54, 1.807) is 12.1 Å². The molecule has 0 aliphatic carbocycles. The van der Waals surface area contributed by atoms with E-state index in [2.05, 4.69) is 0 Å². The Labute approximate surface area is 108 Å². The Morgan fingerprint density at radius 2 is 1.78 bits per heavy atom. The van der Waals surface area contributed by atoms with Crippen LogP contribution in [0.25, 0.3) is 11.1 Å². The summed E-state index contributed by atoms with van der Waals surface area (Å²) in [5.41, 5.74) is 5.49. The van der Waals surface area contributed by atoms with Gasteiger partial charge in [0.15, 0.2) is 0 Å². The molecule has 0 atom stereocenters. The Kier molecular flexibility index (Phi) is 3.39. The van der Waals surface area contributed by atoms with Crippen LogP contribution < -0.4 is 10.5 Å². The molecule has 0 aliphatic rings. The van der Waals surface area contributed by atoms with Crippen molar-refractivity contribution in [2.75, 3.05) is 12.8 Å². The van der Waals surface area contributed by atoms with Crippen LogP contribution in [0, 0.1) is 11.6 Å². The van der Waals surface area contributed by atoms with Gasteiger partial charge in [-0.15, -0.1) is 0 Å². The van der Waals surface area contributed by atoms with Gasteiger partial charge in [-0.3, -0.25) is 0 Å². The van der Waals surface area contributed by atoms with Crippen molar-refractivity contribution >= 4 is 17.3 Å². The lowest BCUT2D eigenvalue weighted by molar-refractivity contribution is 0.416.